The van der Waals surface area contributed by atoms with Crippen molar-refractivity contribution in [1.29, 1.82) is 0 Å². The van der Waals surface area contributed by atoms with E-state index < -0.39 is 23.5 Å². The van der Waals surface area contributed by atoms with E-state index in [9.17, 15) is 18.0 Å². The molecule has 1 N–H and O–H groups in total. The molecule has 1 aromatic carbocycles. The predicted octanol–water partition coefficient (Wildman–Crippen LogP) is 4.69. The third-order valence-electron chi connectivity index (χ3n) is 4.47. The molecule has 1 aliphatic rings. The molecule has 5 nitrogen and oxygen atoms in total. The van der Waals surface area contributed by atoms with Gasteiger partial charge in [0.1, 0.15) is 17.3 Å². The first-order chi connectivity index (χ1) is 12.8. The molecule has 27 heavy (non-hydrogen) atoms. The van der Waals surface area contributed by atoms with Crippen LogP contribution in [0.5, 0.6) is 0 Å². The Hall–Kier alpha value is -2.61. The summed E-state index contributed by atoms with van der Waals surface area (Å²) in [5.74, 6) is -0.477. The van der Waals surface area contributed by atoms with E-state index >= 15 is 0 Å². The van der Waals surface area contributed by atoms with Gasteiger partial charge < -0.3 is 9.88 Å². The Bertz CT molecular complexity index is 1040. The number of halogens is 4. The maximum absolute atomic E-state index is 13.4. The Morgan fingerprint density at radius 1 is 1.15 bits per heavy atom. The number of carbonyl (C=O) groups is 1. The van der Waals surface area contributed by atoms with Crippen LogP contribution in [0.1, 0.15) is 34.8 Å². The number of aryl methyl sites for hydroxylation is 1. The smallest absolute Gasteiger partial charge is 0.323 e. The first-order valence-corrected chi connectivity index (χ1v) is 8.75. The zero-order chi connectivity index (χ0) is 19.2. The Morgan fingerprint density at radius 3 is 2.74 bits per heavy atom. The van der Waals surface area contributed by atoms with Crippen LogP contribution < -0.4 is 5.32 Å². The molecule has 0 atom stereocenters. The van der Waals surface area contributed by atoms with Crippen LogP contribution in [0.4, 0.5) is 19.0 Å². The maximum Gasteiger partial charge on any atom is 0.435 e. The van der Waals surface area contributed by atoms with E-state index in [1.165, 1.54) is 10.6 Å². The number of nitrogens with zero attached hydrogens (tertiary/aromatic N) is 3. The van der Waals surface area contributed by atoms with Crippen molar-refractivity contribution in [2.75, 3.05) is 5.32 Å². The lowest BCUT2D eigenvalue weighted by molar-refractivity contribution is -0.141. The molecule has 1 amide bonds. The molecule has 3 heterocycles. The summed E-state index contributed by atoms with van der Waals surface area (Å²) in [6.45, 7) is 0.331. The molecule has 0 fully saturated rings. The van der Waals surface area contributed by atoms with Gasteiger partial charge in [-0.25, -0.2) is 9.97 Å². The number of para-hydroxylation sites is 1. The average Bonchev–Trinajstić information content (AvgIpc) is 3.02. The quantitative estimate of drug-likeness (QED) is 0.685. The predicted molar refractivity (Wildman–Crippen MR) is 94.9 cm³/mol. The largest absolute Gasteiger partial charge is 0.435 e. The number of hydrogen-bond acceptors (Lipinski definition) is 3. The summed E-state index contributed by atoms with van der Waals surface area (Å²) in [6.07, 6.45) is -2.85. The molecule has 0 radical (unpaired) electrons. The first kappa shape index (κ1) is 17.8. The number of alkyl halides is 3. The standard InChI is InChI=1S/C18H14ClF3N4O/c19-11-5-3-4-10-7-8-12(23-14(10)11)24-17(27)15-16(18(20,21)22)25-13-6-1-2-9-26(13)15/h3-5,7-8H,1-2,6,9H2,(H,23,24,27). The van der Waals surface area contributed by atoms with E-state index in [-0.39, 0.29) is 11.6 Å². The summed E-state index contributed by atoms with van der Waals surface area (Å²) in [7, 11) is 0. The van der Waals surface area contributed by atoms with E-state index in [0.29, 0.717) is 29.9 Å². The number of benzene rings is 1. The van der Waals surface area contributed by atoms with Crippen LogP contribution in [0.2, 0.25) is 5.02 Å². The Labute approximate surface area is 157 Å². The van der Waals surface area contributed by atoms with Gasteiger partial charge in [-0.3, -0.25) is 4.79 Å². The number of carbonyl (C=O) groups excluding carboxylic acids is 1. The van der Waals surface area contributed by atoms with Gasteiger partial charge in [-0.15, -0.1) is 0 Å². The second-order valence-electron chi connectivity index (χ2n) is 6.29. The zero-order valence-electron chi connectivity index (χ0n) is 14.0. The summed E-state index contributed by atoms with van der Waals surface area (Å²) in [6, 6.07) is 8.43. The van der Waals surface area contributed by atoms with Crippen molar-refractivity contribution in [3.63, 3.8) is 0 Å². The number of rotatable bonds is 2. The fourth-order valence-corrected chi connectivity index (χ4v) is 3.49. The van der Waals surface area contributed by atoms with Gasteiger partial charge in [0, 0.05) is 18.4 Å². The van der Waals surface area contributed by atoms with Gasteiger partial charge in [0.05, 0.1) is 10.5 Å². The van der Waals surface area contributed by atoms with Crippen molar-refractivity contribution in [3.8, 4) is 0 Å². The van der Waals surface area contributed by atoms with Gasteiger partial charge >= 0.3 is 6.18 Å². The van der Waals surface area contributed by atoms with E-state index in [2.05, 4.69) is 15.3 Å². The van der Waals surface area contributed by atoms with Crippen LogP contribution in [-0.4, -0.2) is 20.4 Å². The molecule has 0 unspecified atom stereocenters. The van der Waals surface area contributed by atoms with Gasteiger partial charge in [0.15, 0.2) is 5.69 Å². The van der Waals surface area contributed by atoms with Crippen LogP contribution >= 0.6 is 11.6 Å². The fourth-order valence-electron chi connectivity index (χ4n) is 3.27. The summed E-state index contributed by atoms with van der Waals surface area (Å²) in [5, 5.41) is 3.61. The van der Waals surface area contributed by atoms with E-state index in [1.807, 2.05) is 0 Å². The molecular formula is C18H14ClF3N4O. The van der Waals surface area contributed by atoms with Crippen LogP contribution in [-0.2, 0) is 19.1 Å². The van der Waals surface area contributed by atoms with Crippen LogP contribution in [0, 0.1) is 0 Å². The van der Waals surface area contributed by atoms with E-state index in [0.717, 1.165) is 11.8 Å². The average molecular weight is 395 g/mol. The van der Waals surface area contributed by atoms with Gasteiger partial charge in [0.25, 0.3) is 5.91 Å². The lowest BCUT2D eigenvalue weighted by atomic mass is 10.1. The van der Waals surface area contributed by atoms with Crippen molar-refractivity contribution in [2.45, 2.75) is 32.0 Å². The maximum atomic E-state index is 13.4. The monoisotopic (exact) mass is 394 g/mol. The van der Waals surface area contributed by atoms with Crippen LogP contribution in [0.15, 0.2) is 30.3 Å². The van der Waals surface area contributed by atoms with Crippen molar-refractivity contribution >= 4 is 34.2 Å². The zero-order valence-corrected chi connectivity index (χ0v) is 14.7. The van der Waals surface area contributed by atoms with Gasteiger partial charge in [-0.1, -0.05) is 23.7 Å². The minimum Gasteiger partial charge on any atom is -0.323 e. The van der Waals surface area contributed by atoms with E-state index in [4.69, 9.17) is 11.6 Å². The highest BCUT2D eigenvalue weighted by atomic mass is 35.5. The van der Waals surface area contributed by atoms with Gasteiger partial charge in [-0.05, 0) is 31.0 Å². The minimum atomic E-state index is -4.71. The first-order valence-electron chi connectivity index (χ1n) is 8.38. The highest BCUT2D eigenvalue weighted by Crippen LogP contribution is 2.34. The number of pyridine rings is 1. The molecule has 2 aromatic heterocycles. The number of fused-ring (bicyclic) bond motifs is 2. The number of amides is 1. The number of anilines is 1. The van der Waals surface area contributed by atoms with Crippen molar-refractivity contribution < 1.29 is 18.0 Å². The molecular weight excluding hydrogens is 381 g/mol. The number of aromatic nitrogens is 3. The van der Waals surface area contributed by atoms with Crippen molar-refractivity contribution in [3.05, 3.63) is 52.6 Å². The Kier molecular flexibility index (Phi) is 4.30. The third kappa shape index (κ3) is 3.25. The number of hydrogen-bond donors (Lipinski definition) is 1. The molecule has 0 saturated carbocycles. The highest BCUT2D eigenvalue weighted by Gasteiger charge is 2.41. The Morgan fingerprint density at radius 2 is 1.96 bits per heavy atom. The lowest BCUT2D eigenvalue weighted by Gasteiger charge is -2.16. The summed E-state index contributed by atoms with van der Waals surface area (Å²) in [5.41, 5.74) is -1.17. The Balaban J connectivity index is 1.73. The van der Waals surface area contributed by atoms with Gasteiger partial charge in [-0.2, -0.15) is 13.2 Å². The molecule has 1 aliphatic heterocycles. The van der Waals surface area contributed by atoms with Crippen molar-refractivity contribution in [2.24, 2.45) is 0 Å². The summed E-state index contributed by atoms with van der Waals surface area (Å²) >= 11 is 6.11. The second-order valence-corrected chi connectivity index (χ2v) is 6.70. The lowest BCUT2D eigenvalue weighted by Crippen LogP contribution is -2.24. The second kappa shape index (κ2) is 6.53. The van der Waals surface area contributed by atoms with Crippen molar-refractivity contribution in [1.82, 2.24) is 14.5 Å². The summed E-state index contributed by atoms with van der Waals surface area (Å²) in [4.78, 5) is 20.6. The third-order valence-corrected chi connectivity index (χ3v) is 4.78. The number of imidazole rings is 1. The topological polar surface area (TPSA) is 59.8 Å². The van der Waals surface area contributed by atoms with E-state index in [1.54, 1.807) is 24.3 Å². The fraction of sp³-hybridized carbons (Fsp3) is 0.278. The molecule has 0 saturated heterocycles. The number of nitrogens with one attached hydrogen (secondary N) is 1. The summed E-state index contributed by atoms with van der Waals surface area (Å²) < 4.78 is 41.6. The molecule has 4 rings (SSSR count). The van der Waals surface area contributed by atoms with Gasteiger partial charge in [0.2, 0.25) is 0 Å². The molecule has 9 heteroatoms. The molecule has 0 aliphatic carbocycles. The highest BCUT2D eigenvalue weighted by molar-refractivity contribution is 6.35. The molecule has 140 valence electrons. The molecule has 0 bridgehead atoms. The van der Waals surface area contributed by atoms with Crippen LogP contribution in [0.25, 0.3) is 10.9 Å². The molecule has 0 spiro atoms. The molecule has 3 aromatic rings. The minimum absolute atomic E-state index is 0.125. The normalized spacial score (nSPS) is 14.2. The van der Waals surface area contributed by atoms with Crippen LogP contribution in [0.3, 0.4) is 0 Å². The SMILES string of the molecule is O=C(Nc1ccc2cccc(Cl)c2n1)c1c(C(F)(F)F)nc2n1CCCC2.